The second-order valence-corrected chi connectivity index (χ2v) is 8.09. The van der Waals surface area contributed by atoms with Crippen molar-refractivity contribution < 1.29 is 4.79 Å². The Morgan fingerprint density at radius 3 is 2.71 bits per heavy atom. The van der Waals surface area contributed by atoms with Crippen molar-refractivity contribution in [2.24, 2.45) is 18.9 Å². The van der Waals surface area contributed by atoms with Crippen LogP contribution in [0.25, 0.3) is 0 Å². The van der Waals surface area contributed by atoms with Gasteiger partial charge in [0, 0.05) is 32.5 Å². The molecular formula is C18H30N4OS. The number of hydrogen-bond acceptors (Lipinski definition) is 3. The Kier molecular flexibility index (Phi) is 5.74. The van der Waals surface area contributed by atoms with Gasteiger partial charge in [-0.1, -0.05) is 39.0 Å². The van der Waals surface area contributed by atoms with E-state index in [0.29, 0.717) is 28.9 Å². The number of likely N-dealkylation sites (tertiary alicyclic amines) is 1. The molecule has 1 saturated carbocycles. The maximum atomic E-state index is 12.8. The molecule has 1 aliphatic heterocycles. The van der Waals surface area contributed by atoms with Crippen LogP contribution in [0.3, 0.4) is 0 Å². The van der Waals surface area contributed by atoms with Gasteiger partial charge in [0.25, 0.3) is 0 Å². The largest absolute Gasteiger partial charge is 0.342 e. The van der Waals surface area contributed by atoms with Gasteiger partial charge in [0.15, 0.2) is 4.77 Å². The van der Waals surface area contributed by atoms with Crippen LogP contribution < -0.4 is 0 Å². The van der Waals surface area contributed by atoms with Crippen molar-refractivity contribution in [1.82, 2.24) is 19.7 Å². The summed E-state index contributed by atoms with van der Waals surface area (Å²) < 4.78 is 2.60. The summed E-state index contributed by atoms with van der Waals surface area (Å²) in [4.78, 5) is 14.8. The highest BCUT2D eigenvalue weighted by Gasteiger charge is 2.29. The zero-order valence-corrected chi connectivity index (χ0v) is 15.8. The van der Waals surface area contributed by atoms with E-state index in [1.165, 1.54) is 32.1 Å². The van der Waals surface area contributed by atoms with Crippen molar-refractivity contribution in [1.29, 1.82) is 0 Å². The van der Waals surface area contributed by atoms with Crippen molar-refractivity contribution >= 4 is 18.1 Å². The molecule has 1 saturated heterocycles. The van der Waals surface area contributed by atoms with Gasteiger partial charge >= 0.3 is 0 Å². The van der Waals surface area contributed by atoms with Crippen molar-refractivity contribution in [2.75, 3.05) is 13.1 Å². The van der Waals surface area contributed by atoms with Gasteiger partial charge in [-0.05, 0) is 36.9 Å². The number of H-pyrrole nitrogens is 1. The Morgan fingerprint density at radius 2 is 2.04 bits per heavy atom. The molecule has 134 valence electrons. The molecule has 5 nitrogen and oxygen atoms in total. The molecule has 6 heteroatoms. The van der Waals surface area contributed by atoms with Gasteiger partial charge in [0.05, 0.1) is 0 Å². The first kappa shape index (κ1) is 17.6. The molecule has 1 N–H and O–H groups in total. The number of aromatic amines is 1. The van der Waals surface area contributed by atoms with E-state index in [2.05, 4.69) is 22.0 Å². The van der Waals surface area contributed by atoms with Crippen LogP contribution in [0.15, 0.2) is 0 Å². The molecular weight excluding hydrogens is 320 g/mol. The number of aromatic nitrogens is 3. The quantitative estimate of drug-likeness (QED) is 0.841. The fraction of sp³-hybridized carbons (Fsp3) is 0.833. The molecule has 0 bridgehead atoms. The van der Waals surface area contributed by atoms with E-state index in [9.17, 15) is 4.79 Å². The monoisotopic (exact) mass is 350 g/mol. The topological polar surface area (TPSA) is 53.9 Å². The molecule has 2 aliphatic rings. The maximum absolute atomic E-state index is 12.8. The smallest absolute Gasteiger partial charge is 0.222 e. The van der Waals surface area contributed by atoms with Gasteiger partial charge in [-0.3, -0.25) is 9.89 Å². The van der Waals surface area contributed by atoms with Gasteiger partial charge < -0.3 is 9.47 Å². The summed E-state index contributed by atoms with van der Waals surface area (Å²) in [5.41, 5.74) is 0. The lowest BCUT2D eigenvalue weighted by Gasteiger charge is -2.34. The summed E-state index contributed by atoms with van der Waals surface area (Å²) >= 11 is 5.22. The minimum Gasteiger partial charge on any atom is -0.342 e. The lowest BCUT2D eigenvalue weighted by molar-refractivity contribution is -0.133. The van der Waals surface area contributed by atoms with Crippen molar-refractivity contribution in [3.8, 4) is 0 Å². The Bertz CT molecular complexity index is 617. The molecule has 2 heterocycles. The highest BCUT2D eigenvalue weighted by atomic mass is 32.1. The van der Waals surface area contributed by atoms with Crippen LogP contribution in [0.1, 0.15) is 70.0 Å². The molecule has 2 fully saturated rings. The number of rotatable bonds is 4. The Hall–Kier alpha value is -1.17. The lowest BCUT2D eigenvalue weighted by Crippen LogP contribution is -2.40. The second-order valence-electron chi connectivity index (χ2n) is 7.70. The van der Waals surface area contributed by atoms with Gasteiger partial charge in [-0.2, -0.15) is 5.10 Å². The third-order valence-electron chi connectivity index (χ3n) is 6.00. The second kappa shape index (κ2) is 7.81. The third-order valence-corrected chi connectivity index (χ3v) is 6.37. The number of carbonyl (C=O) groups excluding carboxylic acids is 1. The van der Waals surface area contributed by atoms with Crippen molar-refractivity contribution in [2.45, 2.75) is 64.2 Å². The number of hydrogen-bond donors (Lipinski definition) is 1. The molecule has 0 spiro atoms. The first-order valence-electron chi connectivity index (χ1n) is 9.45. The predicted octanol–water partition coefficient (Wildman–Crippen LogP) is 3.79. The first-order valence-corrected chi connectivity index (χ1v) is 9.86. The van der Waals surface area contributed by atoms with Crippen LogP contribution in [0.2, 0.25) is 0 Å². The summed E-state index contributed by atoms with van der Waals surface area (Å²) in [7, 11) is 1.95. The van der Waals surface area contributed by atoms with Gasteiger partial charge in [0.2, 0.25) is 5.91 Å². The average molecular weight is 351 g/mol. The van der Waals surface area contributed by atoms with Gasteiger partial charge in [-0.15, -0.1) is 0 Å². The van der Waals surface area contributed by atoms with Crippen molar-refractivity contribution in [3.63, 3.8) is 0 Å². The predicted molar refractivity (Wildman–Crippen MR) is 97.3 cm³/mol. The van der Waals surface area contributed by atoms with E-state index in [1.54, 1.807) is 0 Å². The van der Waals surface area contributed by atoms with E-state index >= 15 is 0 Å². The van der Waals surface area contributed by atoms with Crippen LogP contribution in [0.5, 0.6) is 0 Å². The fourth-order valence-corrected chi connectivity index (χ4v) is 4.55. The number of nitrogens with one attached hydrogen (secondary N) is 1. The summed E-state index contributed by atoms with van der Waals surface area (Å²) in [5.74, 6) is 2.87. The molecule has 2 atom stereocenters. The minimum absolute atomic E-state index is 0.297. The highest BCUT2D eigenvalue weighted by Crippen LogP contribution is 2.32. The van der Waals surface area contributed by atoms with E-state index in [4.69, 9.17) is 12.2 Å². The fourth-order valence-electron chi connectivity index (χ4n) is 4.41. The summed E-state index contributed by atoms with van der Waals surface area (Å²) in [6.45, 7) is 3.94. The third kappa shape index (κ3) is 3.90. The molecule has 1 aromatic heterocycles. The lowest BCUT2D eigenvalue weighted by atomic mass is 9.79. The Morgan fingerprint density at radius 1 is 1.29 bits per heavy atom. The van der Waals surface area contributed by atoms with Crippen LogP contribution in [-0.4, -0.2) is 38.7 Å². The zero-order chi connectivity index (χ0) is 17.1. The molecule has 0 aromatic carbocycles. The first-order chi connectivity index (χ1) is 11.6. The highest BCUT2D eigenvalue weighted by molar-refractivity contribution is 7.71. The van der Waals surface area contributed by atoms with Gasteiger partial charge in [-0.25, -0.2) is 0 Å². The van der Waals surface area contributed by atoms with Crippen molar-refractivity contribution in [3.05, 3.63) is 10.6 Å². The van der Waals surface area contributed by atoms with Crippen LogP contribution in [0, 0.1) is 16.6 Å². The number of nitrogens with zero attached hydrogens (tertiary/aromatic N) is 3. The van der Waals surface area contributed by atoms with E-state index in [-0.39, 0.29) is 0 Å². The molecule has 0 unspecified atom stereocenters. The summed E-state index contributed by atoms with van der Waals surface area (Å²) in [5, 5.41) is 7.24. The molecule has 24 heavy (non-hydrogen) atoms. The summed E-state index contributed by atoms with van der Waals surface area (Å²) in [6.07, 6.45) is 9.50. The zero-order valence-electron chi connectivity index (χ0n) is 15.0. The van der Waals surface area contributed by atoms with Gasteiger partial charge in [0.1, 0.15) is 5.82 Å². The molecule has 3 rings (SSSR count). The molecule has 0 radical (unpaired) electrons. The number of piperidine rings is 1. The molecule has 1 amide bonds. The SMILES string of the molecule is C[C@H](CC(=O)N1CCC[C@H](c2n[nH]c(=S)n2C)C1)C1CCCCC1. The Labute approximate surface area is 149 Å². The summed E-state index contributed by atoms with van der Waals surface area (Å²) in [6, 6.07) is 0. The van der Waals surface area contributed by atoms with Crippen LogP contribution in [0.4, 0.5) is 0 Å². The normalized spacial score (nSPS) is 24.1. The average Bonchev–Trinajstić information content (AvgIpc) is 2.95. The van der Waals surface area contributed by atoms with E-state index in [1.807, 2.05) is 11.6 Å². The Balaban J connectivity index is 1.58. The minimum atomic E-state index is 0.297. The van der Waals surface area contributed by atoms with Crippen LogP contribution >= 0.6 is 12.2 Å². The number of amides is 1. The van der Waals surface area contributed by atoms with Crippen LogP contribution in [-0.2, 0) is 11.8 Å². The molecule has 1 aliphatic carbocycles. The number of carbonyl (C=O) groups is 1. The van der Waals surface area contributed by atoms with E-state index in [0.717, 1.165) is 37.7 Å². The maximum Gasteiger partial charge on any atom is 0.222 e. The van der Waals surface area contributed by atoms with E-state index < -0.39 is 0 Å². The standard InChI is InChI=1S/C18H30N4OS/c1-13(14-7-4-3-5-8-14)11-16(23)22-10-6-9-15(12-22)17-19-20-18(24)21(17)2/h13-15H,3-12H2,1-2H3,(H,20,24)/t13-,15+/m1/s1. The molecule has 1 aromatic rings.